The molecule has 3 heterocycles. The van der Waals surface area contributed by atoms with Gasteiger partial charge in [-0.2, -0.15) is 10.2 Å². The number of rotatable bonds is 4. The Bertz CT molecular complexity index is 816. The van der Waals surface area contributed by atoms with Crippen LogP contribution in [0.15, 0.2) is 22.0 Å². The summed E-state index contributed by atoms with van der Waals surface area (Å²) in [6.07, 6.45) is 3.19. The summed E-state index contributed by atoms with van der Waals surface area (Å²) in [5.41, 5.74) is 0.194. The van der Waals surface area contributed by atoms with Crippen molar-refractivity contribution in [3.05, 3.63) is 29.1 Å². The summed E-state index contributed by atoms with van der Waals surface area (Å²) in [6.45, 7) is 9.13. The fraction of sp³-hybridized carbons (Fsp3) is 0.412. The molecule has 0 saturated carbocycles. The minimum atomic E-state index is -0.216. The molecule has 2 saturated heterocycles. The molecule has 1 aromatic heterocycles. The third-order valence-corrected chi connectivity index (χ3v) is 5.26. The maximum Gasteiger partial charge on any atom is 0.266 e. The maximum absolute atomic E-state index is 12.4. The Labute approximate surface area is 161 Å². The molecular weight excluding hydrogens is 372 g/mol. The van der Waals surface area contributed by atoms with E-state index in [-0.39, 0.29) is 29.7 Å². The highest BCUT2D eigenvalue weighted by Crippen LogP contribution is 2.33. The first-order valence-corrected chi connectivity index (χ1v) is 9.33. The van der Waals surface area contributed by atoms with E-state index in [1.54, 1.807) is 6.08 Å². The van der Waals surface area contributed by atoms with E-state index in [9.17, 15) is 10.1 Å². The van der Waals surface area contributed by atoms with Crippen LogP contribution in [0.4, 0.5) is 5.88 Å². The number of amides is 1. The van der Waals surface area contributed by atoms with Crippen LogP contribution < -0.4 is 4.90 Å². The number of hydrogen-bond donors (Lipinski definition) is 0. The van der Waals surface area contributed by atoms with Crippen molar-refractivity contribution in [1.82, 2.24) is 9.88 Å². The van der Waals surface area contributed by atoms with Crippen LogP contribution in [0.3, 0.4) is 0 Å². The summed E-state index contributed by atoms with van der Waals surface area (Å²) < 4.78 is 12.0. The van der Waals surface area contributed by atoms with Gasteiger partial charge in [0.15, 0.2) is 0 Å². The molecule has 0 bridgehead atoms. The molecule has 1 amide bonds. The smallest absolute Gasteiger partial charge is 0.266 e. The van der Waals surface area contributed by atoms with Crippen molar-refractivity contribution in [2.45, 2.75) is 26.1 Å². The topological polar surface area (TPSA) is 82.6 Å². The van der Waals surface area contributed by atoms with E-state index in [2.05, 4.69) is 17.6 Å². The fourth-order valence-corrected chi connectivity index (χ4v) is 4.16. The first-order valence-electron chi connectivity index (χ1n) is 8.10. The normalized spacial score (nSPS) is 25.0. The Morgan fingerprint density at radius 1 is 1.46 bits per heavy atom. The second-order valence-electron chi connectivity index (χ2n) is 6.06. The van der Waals surface area contributed by atoms with E-state index in [0.717, 1.165) is 0 Å². The zero-order valence-corrected chi connectivity index (χ0v) is 16.1. The number of morpholine rings is 1. The van der Waals surface area contributed by atoms with Gasteiger partial charge in [0, 0.05) is 25.7 Å². The number of oxazole rings is 1. The van der Waals surface area contributed by atoms with E-state index >= 15 is 0 Å². The Morgan fingerprint density at radius 3 is 2.77 bits per heavy atom. The molecule has 2 aliphatic heterocycles. The molecule has 136 valence electrons. The van der Waals surface area contributed by atoms with Crippen LogP contribution >= 0.6 is 24.0 Å². The number of carbonyl (C=O) groups is 1. The second-order valence-corrected chi connectivity index (χ2v) is 7.74. The lowest BCUT2D eigenvalue weighted by Gasteiger charge is -2.34. The Balaban J connectivity index is 1.88. The van der Waals surface area contributed by atoms with Crippen molar-refractivity contribution in [3.8, 4) is 6.07 Å². The van der Waals surface area contributed by atoms with E-state index in [0.29, 0.717) is 34.7 Å². The SMILES string of the molecule is C=CCN1C(=O)/C(=C\c2nc(C#N)c(N3C[C@@H](C)O[C@H](C)C3)o2)SC1=S. The van der Waals surface area contributed by atoms with E-state index in [4.69, 9.17) is 21.4 Å². The van der Waals surface area contributed by atoms with Crippen LogP contribution in [0, 0.1) is 11.3 Å². The lowest BCUT2D eigenvalue weighted by molar-refractivity contribution is -0.121. The summed E-state index contributed by atoms with van der Waals surface area (Å²) >= 11 is 6.39. The van der Waals surface area contributed by atoms with Crippen molar-refractivity contribution in [1.29, 1.82) is 5.26 Å². The number of anilines is 1. The molecule has 0 unspecified atom stereocenters. The van der Waals surface area contributed by atoms with Gasteiger partial charge in [0.25, 0.3) is 5.91 Å². The van der Waals surface area contributed by atoms with Gasteiger partial charge >= 0.3 is 0 Å². The van der Waals surface area contributed by atoms with E-state index in [1.165, 1.54) is 22.7 Å². The predicted octanol–water partition coefficient (Wildman–Crippen LogP) is 2.55. The van der Waals surface area contributed by atoms with Crippen LogP contribution in [0.1, 0.15) is 25.4 Å². The zero-order chi connectivity index (χ0) is 18.8. The lowest BCUT2D eigenvalue weighted by atomic mass is 10.2. The molecule has 2 aliphatic rings. The van der Waals surface area contributed by atoms with Crippen molar-refractivity contribution >= 4 is 46.2 Å². The Hall–Kier alpha value is -2.15. The van der Waals surface area contributed by atoms with E-state index < -0.39 is 0 Å². The molecular formula is C17H18N4O3S2. The molecule has 26 heavy (non-hydrogen) atoms. The van der Waals surface area contributed by atoms with Gasteiger partial charge in [-0.1, -0.05) is 30.1 Å². The molecule has 0 spiro atoms. The van der Waals surface area contributed by atoms with Crippen LogP contribution in [0.2, 0.25) is 0 Å². The monoisotopic (exact) mass is 390 g/mol. The molecule has 7 nitrogen and oxygen atoms in total. The number of nitriles is 1. The highest BCUT2D eigenvalue weighted by molar-refractivity contribution is 8.26. The number of hydrogen-bond acceptors (Lipinski definition) is 8. The van der Waals surface area contributed by atoms with Gasteiger partial charge in [-0.3, -0.25) is 9.69 Å². The zero-order valence-electron chi connectivity index (χ0n) is 14.5. The summed E-state index contributed by atoms with van der Waals surface area (Å²) in [6, 6.07) is 2.06. The highest BCUT2D eigenvalue weighted by Gasteiger charge is 2.32. The van der Waals surface area contributed by atoms with Crippen molar-refractivity contribution in [2.24, 2.45) is 0 Å². The number of thiocarbonyl (C=S) groups is 1. The largest absolute Gasteiger partial charge is 0.420 e. The van der Waals surface area contributed by atoms with Crippen LogP contribution in [0.25, 0.3) is 6.08 Å². The van der Waals surface area contributed by atoms with E-state index in [1.807, 2.05) is 18.7 Å². The van der Waals surface area contributed by atoms with Crippen LogP contribution in [-0.4, -0.2) is 52.0 Å². The van der Waals surface area contributed by atoms with Crippen LogP contribution in [0.5, 0.6) is 0 Å². The first kappa shape index (κ1) is 18.6. The molecule has 0 radical (unpaired) electrons. The molecule has 0 aromatic carbocycles. The molecule has 3 rings (SSSR count). The molecule has 0 N–H and O–H groups in total. The molecule has 2 atom stereocenters. The number of aromatic nitrogens is 1. The summed E-state index contributed by atoms with van der Waals surface area (Å²) in [7, 11) is 0. The number of thioether (sulfide) groups is 1. The van der Waals surface area contributed by atoms with Crippen molar-refractivity contribution in [3.63, 3.8) is 0 Å². The summed E-state index contributed by atoms with van der Waals surface area (Å²) in [5.74, 6) is 0.400. The molecule has 9 heteroatoms. The fourth-order valence-electron chi connectivity index (χ4n) is 2.92. The average Bonchev–Trinajstić information content (AvgIpc) is 3.11. The maximum atomic E-state index is 12.4. The van der Waals surface area contributed by atoms with Gasteiger partial charge < -0.3 is 14.1 Å². The Kier molecular flexibility index (Phi) is 5.46. The predicted molar refractivity (Wildman–Crippen MR) is 104 cm³/mol. The standard InChI is InChI=1S/C17H18N4O3S2/c1-4-5-21-15(22)13(26-17(21)25)6-14-19-12(7-18)16(24-14)20-8-10(2)23-11(3)9-20/h4,6,10-11H,1,5,8-9H2,2-3H3/b13-6+/t10-,11-/m1/s1. The number of ether oxygens (including phenoxy) is 1. The molecule has 0 aliphatic carbocycles. The lowest BCUT2D eigenvalue weighted by Crippen LogP contribution is -2.45. The molecule has 2 fully saturated rings. The number of nitrogens with zero attached hydrogens (tertiary/aromatic N) is 4. The Morgan fingerprint density at radius 2 is 2.15 bits per heavy atom. The van der Waals surface area contributed by atoms with Gasteiger partial charge in [0.05, 0.1) is 17.1 Å². The summed E-state index contributed by atoms with van der Waals surface area (Å²) in [4.78, 5) is 20.4. The number of carbonyl (C=O) groups excluding carboxylic acids is 1. The third kappa shape index (κ3) is 3.67. The van der Waals surface area contributed by atoms with Gasteiger partial charge in [0.2, 0.25) is 17.5 Å². The first-order chi connectivity index (χ1) is 12.4. The third-order valence-electron chi connectivity index (χ3n) is 3.88. The van der Waals surface area contributed by atoms with Gasteiger partial charge in [-0.25, -0.2) is 0 Å². The van der Waals surface area contributed by atoms with Crippen molar-refractivity contribution < 1.29 is 13.9 Å². The summed E-state index contributed by atoms with van der Waals surface area (Å²) in [5, 5.41) is 9.40. The highest BCUT2D eigenvalue weighted by atomic mass is 32.2. The van der Waals surface area contributed by atoms with Gasteiger partial charge in [-0.15, -0.1) is 6.58 Å². The minimum absolute atomic E-state index is 0.0222. The minimum Gasteiger partial charge on any atom is -0.420 e. The quantitative estimate of drug-likeness (QED) is 0.441. The van der Waals surface area contributed by atoms with Crippen LogP contribution in [-0.2, 0) is 9.53 Å². The van der Waals surface area contributed by atoms with Gasteiger partial charge in [0.1, 0.15) is 10.4 Å². The van der Waals surface area contributed by atoms with Crippen molar-refractivity contribution in [2.75, 3.05) is 24.5 Å². The van der Waals surface area contributed by atoms with Gasteiger partial charge in [-0.05, 0) is 13.8 Å². The second kappa shape index (κ2) is 7.61. The average molecular weight is 390 g/mol. The molecule has 1 aromatic rings.